The van der Waals surface area contributed by atoms with E-state index in [4.69, 9.17) is 9.15 Å². The van der Waals surface area contributed by atoms with Crippen LogP contribution in [0.25, 0.3) is 17.0 Å². The molecule has 0 saturated carbocycles. The van der Waals surface area contributed by atoms with Crippen LogP contribution in [0.3, 0.4) is 0 Å². The normalized spacial score (nSPS) is 15.0. The van der Waals surface area contributed by atoms with Gasteiger partial charge in [0.05, 0.1) is 0 Å². The minimum absolute atomic E-state index is 0.259. The van der Waals surface area contributed by atoms with E-state index in [-0.39, 0.29) is 6.09 Å². The van der Waals surface area contributed by atoms with Gasteiger partial charge in [0, 0.05) is 25.6 Å². The van der Waals surface area contributed by atoms with Crippen molar-refractivity contribution in [3.63, 3.8) is 0 Å². The molecule has 0 saturated heterocycles. The smallest absolute Gasteiger partial charge is 0.410 e. The van der Waals surface area contributed by atoms with E-state index in [9.17, 15) is 4.79 Å². The van der Waals surface area contributed by atoms with Crippen LogP contribution in [-0.2, 0) is 4.74 Å². The van der Waals surface area contributed by atoms with E-state index in [2.05, 4.69) is 16.3 Å². The number of carbonyl (C=O) groups is 1. The lowest BCUT2D eigenvalue weighted by Gasteiger charge is -2.29. The highest BCUT2D eigenvalue weighted by atomic mass is 16.6. The molecule has 1 aliphatic heterocycles. The lowest BCUT2D eigenvalue weighted by atomic mass is 9.98. The molecule has 0 aliphatic carbocycles. The number of aryl methyl sites for hydroxylation is 1. The average Bonchev–Trinajstić information content (AvgIpc) is 3.00. The largest absolute Gasteiger partial charge is 0.444 e. The van der Waals surface area contributed by atoms with Crippen molar-refractivity contribution in [2.24, 2.45) is 0 Å². The Kier molecular flexibility index (Phi) is 4.61. The van der Waals surface area contributed by atoms with Gasteiger partial charge >= 0.3 is 6.09 Å². The molecule has 1 aromatic carbocycles. The first kappa shape index (κ1) is 17.2. The zero-order chi connectivity index (χ0) is 18.0. The molecule has 1 aromatic heterocycles. The third-order valence-electron chi connectivity index (χ3n) is 3.89. The Morgan fingerprint density at radius 3 is 2.36 bits per heavy atom. The van der Waals surface area contributed by atoms with Gasteiger partial charge in [0.25, 0.3) is 0 Å². The van der Waals surface area contributed by atoms with Crippen molar-refractivity contribution in [3.05, 3.63) is 41.8 Å². The lowest BCUT2D eigenvalue weighted by molar-refractivity contribution is 0.0270. The fourth-order valence-electron chi connectivity index (χ4n) is 2.66. The Bertz CT molecular complexity index is 785. The van der Waals surface area contributed by atoms with E-state index < -0.39 is 5.60 Å². The molecular weight excluding hydrogens is 318 g/mol. The number of carbonyl (C=O) groups excluding carboxylic acids is 1. The highest BCUT2D eigenvalue weighted by molar-refractivity contribution is 5.73. The van der Waals surface area contributed by atoms with Crippen LogP contribution in [0.1, 0.15) is 38.6 Å². The number of hydrogen-bond acceptors (Lipinski definition) is 5. The molecule has 0 bridgehead atoms. The zero-order valence-corrected chi connectivity index (χ0v) is 15.1. The van der Waals surface area contributed by atoms with Gasteiger partial charge in [-0.15, -0.1) is 10.2 Å². The van der Waals surface area contributed by atoms with Crippen LogP contribution in [-0.4, -0.2) is 39.9 Å². The van der Waals surface area contributed by atoms with Crippen molar-refractivity contribution in [2.45, 2.75) is 39.7 Å². The molecule has 0 unspecified atom stereocenters. The molecule has 2 heterocycles. The molecule has 1 amide bonds. The minimum atomic E-state index is -0.468. The Balaban J connectivity index is 1.66. The van der Waals surface area contributed by atoms with Crippen LogP contribution in [0.5, 0.6) is 0 Å². The van der Waals surface area contributed by atoms with E-state index in [1.54, 1.807) is 11.8 Å². The summed E-state index contributed by atoms with van der Waals surface area (Å²) < 4.78 is 10.9. The number of amides is 1. The summed E-state index contributed by atoms with van der Waals surface area (Å²) >= 11 is 0. The molecule has 0 fully saturated rings. The van der Waals surface area contributed by atoms with Crippen molar-refractivity contribution in [1.82, 2.24) is 15.1 Å². The number of nitrogens with zero attached hydrogens (tertiary/aromatic N) is 3. The predicted molar refractivity (Wildman–Crippen MR) is 94.9 cm³/mol. The molecule has 0 spiro atoms. The summed E-state index contributed by atoms with van der Waals surface area (Å²) in [5.74, 6) is 1.08. The number of ether oxygens (including phenoxy) is 1. The summed E-state index contributed by atoms with van der Waals surface area (Å²) in [5, 5.41) is 7.88. The zero-order valence-electron chi connectivity index (χ0n) is 15.1. The van der Waals surface area contributed by atoms with E-state index in [1.807, 2.05) is 45.0 Å². The Morgan fingerprint density at radius 1 is 1.16 bits per heavy atom. The second-order valence-corrected chi connectivity index (χ2v) is 7.11. The fraction of sp³-hybridized carbons (Fsp3) is 0.421. The van der Waals surface area contributed by atoms with E-state index in [1.165, 1.54) is 5.57 Å². The Hall–Kier alpha value is -2.63. The number of aromatic nitrogens is 2. The van der Waals surface area contributed by atoms with Crippen molar-refractivity contribution in [3.8, 4) is 11.5 Å². The van der Waals surface area contributed by atoms with E-state index in [0.29, 0.717) is 24.9 Å². The average molecular weight is 341 g/mol. The monoisotopic (exact) mass is 341 g/mol. The maximum Gasteiger partial charge on any atom is 0.410 e. The molecule has 6 heteroatoms. The number of benzene rings is 1. The summed E-state index contributed by atoms with van der Waals surface area (Å²) in [5.41, 5.74) is 2.80. The van der Waals surface area contributed by atoms with Crippen LogP contribution in [0.15, 0.2) is 34.8 Å². The van der Waals surface area contributed by atoms with Crippen molar-refractivity contribution >= 4 is 11.7 Å². The van der Waals surface area contributed by atoms with Gasteiger partial charge in [-0.1, -0.05) is 18.2 Å². The van der Waals surface area contributed by atoms with Gasteiger partial charge in [-0.2, -0.15) is 0 Å². The lowest BCUT2D eigenvalue weighted by Crippen LogP contribution is -2.39. The standard InChI is InChI=1S/C19H23N3O3/c1-13-20-21-17(24-13)16-7-5-14(6-8-16)15-9-11-22(12-10-15)18(23)25-19(2,3)4/h5-9H,10-12H2,1-4H3. The molecule has 132 valence electrons. The summed E-state index contributed by atoms with van der Waals surface area (Å²) in [6.45, 7) is 8.63. The van der Waals surface area contributed by atoms with Gasteiger partial charge in [-0.25, -0.2) is 4.79 Å². The first-order valence-electron chi connectivity index (χ1n) is 8.40. The first-order chi connectivity index (χ1) is 11.8. The highest BCUT2D eigenvalue weighted by Crippen LogP contribution is 2.26. The Labute approximate surface area is 147 Å². The van der Waals surface area contributed by atoms with Gasteiger partial charge in [0.1, 0.15) is 5.60 Å². The van der Waals surface area contributed by atoms with Crippen LogP contribution >= 0.6 is 0 Å². The second-order valence-electron chi connectivity index (χ2n) is 7.11. The van der Waals surface area contributed by atoms with Crippen LogP contribution in [0.4, 0.5) is 4.79 Å². The Morgan fingerprint density at radius 2 is 1.84 bits per heavy atom. The molecule has 2 aromatic rings. The third kappa shape index (κ3) is 4.26. The summed E-state index contributed by atoms with van der Waals surface area (Å²) in [7, 11) is 0. The molecule has 25 heavy (non-hydrogen) atoms. The summed E-state index contributed by atoms with van der Waals surface area (Å²) in [6, 6.07) is 8.04. The molecule has 6 nitrogen and oxygen atoms in total. The quantitative estimate of drug-likeness (QED) is 0.823. The molecule has 0 radical (unpaired) electrons. The van der Waals surface area contributed by atoms with Gasteiger partial charge in [0.2, 0.25) is 11.8 Å². The van der Waals surface area contributed by atoms with Gasteiger partial charge in [0.15, 0.2) is 0 Å². The van der Waals surface area contributed by atoms with Crippen molar-refractivity contribution in [2.75, 3.05) is 13.1 Å². The molecular formula is C19H23N3O3. The summed E-state index contributed by atoms with van der Waals surface area (Å²) in [4.78, 5) is 13.8. The van der Waals surface area contributed by atoms with Gasteiger partial charge < -0.3 is 14.1 Å². The van der Waals surface area contributed by atoms with Gasteiger partial charge in [-0.05, 0) is 50.5 Å². The SMILES string of the molecule is Cc1nnc(-c2ccc(C3=CCN(C(=O)OC(C)(C)C)CC3)cc2)o1. The van der Waals surface area contributed by atoms with E-state index in [0.717, 1.165) is 17.5 Å². The van der Waals surface area contributed by atoms with Crippen molar-refractivity contribution in [1.29, 1.82) is 0 Å². The highest BCUT2D eigenvalue weighted by Gasteiger charge is 2.23. The number of hydrogen-bond donors (Lipinski definition) is 0. The van der Waals surface area contributed by atoms with E-state index >= 15 is 0 Å². The topological polar surface area (TPSA) is 68.5 Å². The van der Waals surface area contributed by atoms with Crippen molar-refractivity contribution < 1.29 is 13.9 Å². The summed E-state index contributed by atoms with van der Waals surface area (Å²) in [6.07, 6.45) is 2.63. The maximum atomic E-state index is 12.1. The first-order valence-corrected chi connectivity index (χ1v) is 8.40. The van der Waals surface area contributed by atoms with Gasteiger partial charge in [-0.3, -0.25) is 0 Å². The second kappa shape index (κ2) is 6.70. The van der Waals surface area contributed by atoms with Crippen LogP contribution in [0, 0.1) is 6.92 Å². The molecule has 3 rings (SSSR count). The molecule has 0 N–H and O–H groups in total. The fourth-order valence-corrected chi connectivity index (χ4v) is 2.66. The minimum Gasteiger partial charge on any atom is -0.444 e. The van der Waals surface area contributed by atoms with Crippen LogP contribution < -0.4 is 0 Å². The molecule has 1 aliphatic rings. The number of rotatable bonds is 2. The molecule has 0 atom stereocenters. The third-order valence-corrected chi connectivity index (χ3v) is 3.89. The maximum absolute atomic E-state index is 12.1. The predicted octanol–water partition coefficient (Wildman–Crippen LogP) is 4.07. The van der Waals surface area contributed by atoms with Crippen LogP contribution in [0.2, 0.25) is 0 Å².